The molecule has 2 fully saturated rings. The Hall–Kier alpha value is -2.02. The summed E-state index contributed by atoms with van der Waals surface area (Å²) in [5, 5.41) is 3.78. The number of rotatable bonds is 8. The van der Waals surface area contributed by atoms with Crippen molar-refractivity contribution >= 4 is 39.8 Å². The van der Waals surface area contributed by atoms with Crippen molar-refractivity contribution < 1.29 is 32.4 Å². The lowest BCUT2D eigenvalue weighted by Crippen LogP contribution is -2.47. The molecule has 0 bridgehead atoms. The van der Waals surface area contributed by atoms with E-state index >= 15 is 0 Å². The fraction of sp³-hybridized carbons (Fsp3) is 0.800. The lowest BCUT2D eigenvalue weighted by Gasteiger charge is -2.34. The van der Waals surface area contributed by atoms with Crippen LogP contribution in [0, 0.1) is 5.41 Å². The predicted molar refractivity (Wildman–Crippen MR) is 103 cm³/mol. The molecular weight excluding hydrogens is 426 g/mol. The van der Waals surface area contributed by atoms with Gasteiger partial charge in [-0.25, -0.2) is 17.5 Å². The van der Waals surface area contributed by atoms with Crippen LogP contribution in [0.25, 0.3) is 10.4 Å². The van der Waals surface area contributed by atoms with Crippen molar-refractivity contribution in [3.8, 4) is 0 Å². The second kappa shape index (κ2) is 9.65. The standard InChI is InChI=1S/C15H23N5O7S2/c1-15(2,10-17-18-16)11(9-29(24,25)19-5-7-28-8-6-19)26-14(23)27-20-12(21)3-4-13(20)22/h11H,3-10H2,1-2H3. The smallest absolute Gasteiger partial charge is 0.428 e. The molecule has 1 atom stereocenters. The van der Waals surface area contributed by atoms with Crippen molar-refractivity contribution in [3.63, 3.8) is 0 Å². The fourth-order valence-electron chi connectivity index (χ4n) is 2.73. The van der Waals surface area contributed by atoms with Crippen molar-refractivity contribution in [1.82, 2.24) is 9.37 Å². The number of hydroxylamine groups is 2. The van der Waals surface area contributed by atoms with E-state index in [1.807, 2.05) is 0 Å². The summed E-state index contributed by atoms with van der Waals surface area (Å²) in [6.45, 7) is 3.70. The highest BCUT2D eigenvalue weighted by molar-refractivity contribution is 7.99. The number of azide groups is 1. The van der Waals surface area contributed by atoms with Gasteiger partial charge < -0.3 is 4.74 Å². The van der Waals surface area contributed by atoms with Gasteiger partial charge in [-0.3, -0.25) is 14.4 Å². The van der Waals surface area contributed by atoms with Crippen LogP contribution in [0.5, 0.6) is 0 Å². The van der Waals surface area contributed by atoms with E-state index in [1.54, 1.807) is 25.6 Å². The number of hydrogen-bond donors (Lipinski definition) is 0. The molecule has 2 heterocycles. The zero-order valence-electron chi connectivity index (χ0n) is 16.1. The molecule has 2 amide bonds. The molecule has 2 aliphatic rings. The molecule has 1 unspecified atom stereocenters. The van der Waals surface area contributed by atoms with E-state index in [4.69, 9.17) is 10.3 Å². The summed E-state index contributed by atoms with van der Waals surface area (Å²) in [5.74, 6) is -0.601. The number of hydrogen-bond acceptors (Lipinski definition) is 9. The van der Waals surface area contributed by atoms with Gasteiger partial charge in [-0.15, -0.1) is 0 Å². The van der Waals surface area contributed by atoms with E-state index in [9.17, 15) is 22.8 Å². The molecule has 0 radical (unpaired) electrons. The van der Waals surface area contributed by atoms with Crippen LogP contribution in [-0.4, -0.2) is 78.8 Å². The minimum Gasteiger partial charge on any atom is -0.428 e. The van der Waals surface area contributed by atoms with Crippen LogP contribution in [0.1, 0.15) is 26.7 Å². The normalized spacial score (nSPS) is 19.6. The topological polar surface area (TPSA) is 159 Å². The molecular formula is C15H23N5O7S2. The van der Waals surface area contributed by atoms with Crippen LogP contribution in [0.4, 0.5) is 4.79 Å². The van der Waals surface area contributed by atoms with Gasteiger partial charge in [0.25, 0.3) is 11.8 Å². The van der Waals surface area contributed by atoms with Gasteiger partial charge >= 0.3 is 6.16 Å². The summed E-state index contributed by atoms with van der Waals surface area (Å²) in [7, 11) is -3.78. The van der Waals surface area contributed by atoms with Crippen LogP contribution in [-0.2, 0) is 29.2 Å². The molecule has 0 N–H and O–H groups in total. The fourth-order valence-corrected chi connectivity index (χ4v) is 5.71. The number of ether oxygens (including phenoxy) is 1. The van der Waals surface area contributed by atoms with E-state index < -0.39 is 45.3 Å². The summed E-state index contributed by atoms with van der Waals surface area (Å²) in [6, 6.07) is 0. The highest BCUT2D eigenvalue weighted by Crippen LogP contribution is 2.28. The van der Waals surface area contributed by atoms with Gasteiger partial charge in [0.2, 0.25) is 10.0 Å². The lowest BCUT2D eigenvalue weighted by molar-refractivity contribution is -0.179. The molecule has 0 saturated carbocycles. The molecule has 0 aromatic carbocycles. The summed E-state index contributed by atoms with van der Waals surface area (Å²) < 4.78 is 32.1. The summed E-state index contributed by atoms with van der Waals surface area (Å²) >= 11 is 1.64. The second-order valence-corrected chi connectivity index (χ2v) is 10.4. The number of carbonyl (C=O) groups excluding carboxylic acids is 3. The maximum Gasteiger partial charge on any atom is 0.534 e. The first-order chi connectivity index (χ1) is 13.6. The Labute approximate surface area is 172 Å². The third-order valence-electron chi connectivity index (χ3n) is 4.55. The quantitative estimate of drug-likeness (QED) is 0.176. The number of nitrogens with zero attached hydrogens (tertiary/aromatic N) is 5. The van der Waals surface area contributed by atoms with Crippen LogP contribution >= 0.6 is 11.8 Å². The molecule has 2 saturated heterocycles. The molecule has 2 aliphatic heterocycles. The van der Waals surface area contributed by atoms with Gasteiger partial charge in [0.05, 0.1) is 0 Å². The average Bonchev–Trinajstić information content (AvgIpc) is 2.98. The van der Waals surface area contributed by atoms with Gasteiger partial charge in [0.1, 0.15) is 11.9 Å². The first kappa shape index (κ1) is 23.3. The van der Waals surface area contributed by atoms with Gasteiger partial charge in [-0.2, -0.15) is 11.8 Å². The lowest BCUT2D eigenvalue weighted by atomic mass is 9.87. The Morgan fingerprint density at radius 1 is 1.28 bits per heavy atom. The van der Waals surface area contributed by atoms with E-state index in [1.165, 1.54) is 4.31 Å². The van der Waals surface area contributed by atoms with E-state index in [2.05, 4.69) is 14.9 Å². The molecule has 29 heavy (non-hydrogen) atoms. The zero-order valence-corrected chi connectivity index (χ0v) is 17.8. The maximum absolute atomic E-state index is 12.8. The van der Waals surface area contributed by atoms with Crippen molar-refractivity contribution in [2.24, 2.45) is 10.5 Å². The molecule has 0 aliphatic carbocycles. The van der Waals surface area contributed by atoms with Gasteiger partial charge in [0.15, 0.2) is 0 Å². The molecule has 162 valence electrons. The Balaban J connectivity index is 2.15. The Morgan fingerprint density at radius 2 is 1.86 bits per heavy atom. The molecule has 0 aromatic heterocycles. The van der Waals surface area contributed by atoms with Crippen molar-refractivity contribution in [3.05, 3.63) is 10.4 Å². The summed E-state index contributed by atoms with van der Waals surface area (Å²) in [5.41, 5.74) is 7.54. The van der Waals surface area contributed by atoms with Crippen molar-refractivity contribution in [2.75, 3.05) is 36.9 Å². The van der Waals surface area contributed by atoms with E-state index in [-0.39, 0.29) is 19.4 Å². The molecule has 14 heteroatoms. The van der Waals surface area contributed by atoms with Crippen LogP contribution in [0.15, 0.2) is 5.11 Å². The van der Waals surface area contributed by atoms with Gasteiger partial charge in [0, 0.05) is 54.3 Å². The minimum atomic E-state index is -3.78. The van der Waals surface area contributed by atoms with Crippen LogP contribution in [0.3, 0.4) is 0 Å². The Bertz CT molecular complexity index is 788. The Kier molecular flexibility index (Phi) is 7.74. The van der Waals surface area contributed by atoms with Crippen LogP contribution < -0.4 is 0 Å². The van der Waals surface area contributed by atoms with E-state index in [0.717, 1.165) is 0 Å². The van der Waals surface area contributed by atoms with Crippen molar-refractivity contribution in [1.29, 1.82) is 0 Å². The first-order valence-corrected chi connectivity index (χ1v) is 11.6. The highest BCUT2D eigenvalue weighted by atomic mass is 32.2. The zero-order chi connectivity index (χ0) is 21.7. The Morgan fingerprint density at radius 3 is 2.41 bits per heavy atom. The number of thioether (sulfide) groups is 1. The van der Waals surface area contributed by atoms with Gasteiger partial charge in [-0.05, 0) is 5.53 Å². The number of sulfonamides is 1. The van der Waals surface area contributed by atoms with Gasteiger partial charge in [-0.1, -0.05) is 24.0 Å². The highest BCUT2D eigenvalue weighted by Gasteiger charge is 2.40. The monoisotopic (exact) mass is 449 g/mol. The summed E-state index contributed by atoms with van der Waals surface area (Å²) in [6.07, 6.45) is -2.79. The SMILES string of the molecule is CC(C)(CN=[N+]=[N-])C(CS(=O)(=O)N1CCSCC1)OC(=O)ON1C(=O)CCC1=O. The predicted octanol–water partition coefficient (Wildman–Crippen LogP) is 1.29. The number of amides is 2. The third kappa shape index (κ3) is 6.23. The second-order valence-electron chi connectivity index (χ2n) is 7.20. The molecule has 12 nitrogen and oxygen atoms in total. The molecule has 2 rings (SSSR count). The van der Waals surface area contributed by atoms with Crippen molar-refractivity contribution in [2.45, 2.75) is 32.8 Å². The first-order valence-electron chi connectivity index (χ1n) is 8.87. The average molecular weight is 450 g/mol. The largest absolute Gasteiger partial charge is 0.534 e. The third-order valence-corrected chi connectivity index (χ3v) is 7.37. The summed E-state index contributed by atoms with van der Waals surface area (Å²) in [4.78, 5) is 42.7. The van der Waals surface area contributed by atoms with E-state index in [0.29, 0.717) is 29.7 Å². The number of carbonyl (C=O) groups is 3. The molecule has 0 aromatic rings. The molecule has 0 spiro atoms. The minimum absolute atomic E-state index is 0.0841. The maximum atomic E-state index is 12.8. The van der Waals surface area contributed by atoms with Crippen LogP contribution in [0.2, 0.25) is 0 Å². The number of imide groups is 1.